The van der Waals surface area contributed by atoms with E-state index < -0.39 is 16.1 Å². The average Bonchev–Trinajstić information content (AvgIpc) is 2.26. The Morgan fingerprint density at radius 2 is 1.94 bits per heavy atom. The van der Waals surface area contributed by atoms with Crippen molar-refractivity contribution in [2.24, 2.45) is 5.14 Å². The van der Waals surface area contributed by atoms with Crippen LogP contribution in [-0.4, -0.2) is 21.1 Å². The van der Waals surface area contributed by atoms with Crippen LogP contribution in [0.5, 0.6) is 0 Å². The van der Waals surface area contributed by atoms with Crippen LogP contribution in [0.25, 0.3) is 0 Å². The predicted octanol–water partition coefficient (Wildman–Crippen LogP) is 1.29. The van der Waals surface area contributed by atoms with E-state index in [1.807, 2.05) is 6.92 Å². The highest BCUT2D eigenvalue weighted by Crippen LogP contribution is 2.12. The summed E-state index contributed by atoms with van der Waals surface area (Å²) in [6.07, 6.45) is 0.160. The van der Waals surface area contributed by atoms with Gasteiger partial charge in [0.1, 0.15) is 0 Å². The molecular weight excluding hydrogens is 244 g/mol. The van der Waals surface area contributed by atoms with E-state index in [4.69, 9.17) is 9.88 Å². The standard InChI is InChI=1S/C10H14N2O4S/c1-2-7-16-10(13)12-8-3-5-9(6-4-8)17(11,14)15/h3-6H,2,7H2,1H3,(H,12,13)(H2,11,14,15). The van der Waals surface area contributed by atoms with Crippen LogP contribution >= 0.6 is 0 Å². The van der Waals surface area contributed by atoms with Crippen LogP contribution in [0.2, 0.25) is 0 Å². The molecule has 1 amide bonds. The van der Waals surface area contributed by atoms with Crippen molar-refractivity contribution in [1.29, 1.82) is 0 Å². The Bertz CT molecular complexity index is 482. The van der Waals surface area contributed by atoms with E-state index in [-0.39, 0.29) is 4.90 Å². The van der Waals surface area contributed by atoms with Gasteiger partial charge in [-0.2, -0.15) is 0 Å². The first-order valence-corrected chi connectivity index (χ1v) is 6.54. The van der Waals surface area contributed by atoms with E-state index >= 15 is 0 Å². The molecule has 7 heteroatoms. The smallest absolute Gasteiger partial charge is 0.411 e. The molecule has 1 aromatic rings. The summed E-state index contributed by atoms with van der Waals surface area (Å²) in [4.78, 5) is 11.2. The lowest BCUT2D eigenvalue weighted by molar-refractivity contribution is 0.161. The molecule has 17 heavy (non-hydrogen) atoms. The Morgan fingerprint density at radius 3 is 2.41 bits per heavy atom. The number of carbonyl (C=O) groups excluding carboxylic acids is 1. The number of carbonyl (C=O) groups is 1. The molecule has 0 aliphatic carbocycles. The van der Waals surface area contributed by atoms with Crippen molar-refractivity contribution < 1.29 is 17.9 Å². The number of amides is 1. The van der Waals surface area contributed by atoms with Gasteiger partial charge in [-0.25, -0.2) is 18.4 Å². The van der Waals surface area contributed by atoms with Crippen LogP contribution in [-0.2, 0) is 14.8 Å². The van der Waals surface area contributed by atoms with Crippen molar-refractivity contribution in [2.45, 2.75) is 18.2 Å². The number of sulfonamides is 1. The topological polar surface area (TPSA) is 98.5 Å². The number of rotatable bonds is 4. The number of hydrogen-bond acceptors (Lipinski definition) is 4. The molecule has 0 radical (unpaired) electrons. The molecule has 1 aromatic carbocycles. The molecule has 0 fully saturated rings. The number of hydrogen-bond donors (Lipinski definition) is 2. The van der Waals surface area contributed by atoms with Gasteiger partial charge in [0, 0.05) is 5.69 Å². The summed E-state index contributed by atoms with van der Waals surface area (Å²) in [7, 11) is -3.71. The Morgan fingerprint density at radius 1 is 1.35 bits per heavy atom. The molecule has 0 atom stereocenters. The Hall–Kier alpha value is -1.60. The van der Waals surface area contributed by atoms with E-state index in [0.29, 0.717) is 12.3 Å². The van der Waals surface area contributed by atoms with Crippen LogP contribution in [0.15, 0.2) is 29.2 Å². The third-order valence-electron chi connectivity index (χ3n) is 1.87. The lowest BCUT2D eigenvalue weighted by Crippen LogP contribution is -2.15. The maximum atomic E-state index is 11.2. The molecule has 0 aliphatic heterocycles. The summed E-state index contributed by atoms with van der Waals surface area (Å²) in [5.74, 6) is 0. The zero-order chi connectivity index (χ0) is 12.9. The maximum Gasteiger partial charge on any atom is 0.411 e. The van der Waals surface area contributed by atoms with Crippen molar-refractivity contribution in [3.8, 4) is 0 Å². The van der Waals surface area contributed by atoms with E-state index in [1.165, 1.54) is 24.3 Å². The van der Waals surface area contributed by atoms with E-state index in [9.17, 15) is 13.2 Å². The molecule has 94 valence electrons. The van der Waals surface area contributed by atoms with Crippen molar-refractivity contribution in [3.63, 3.8) is 0 Å². The maximum absolute atomic E-state index is 11.2. The van der Waals surface area contributed by atoms with Crippen LogP contribution in [0.1, 0.15) is 13.3 Å². The third-order valence-corrected chi connectivity index (χ3v) is 2.80. The molecule has 0 spiro atoms. The van der Waals surface area contributed by atoms with Crippen LogP contribution < -0.4 is 10.5 Å². The van der Waals surface area contributed by atoms with Crippen molar-refractivity contribution >= 4 is 21.8 Å². The highest BCUT2D eigenvalue weighted by molar-refractivity contribution is 7.89. The van der Waals surface area contributed by atoms with E-state index in [0.717, 1.165) is 6.42 Å². The second-order valence-corrected chi connectivity index (χ2v) is 4.89. The summed E-state index contributed by atoms with van der Waals surface area (Å²) in [5, 5.41) is 7.39. The van der Waals surface area contributed by atoms with Gasteiger partial charge in [0.25, 0.3) is 0 Å². The number of nitrogens with one attached hydrogen (secondary N) is 1. The van der Waals surface area contributed by atoms with Gasteiger partial charge in [0.05, 0.1) is 11.5 Å². The number of benzene rings is 1. The van der Waals surface area contributed by atoms with Gasteiger partial charge in [0.2, 0.25) is 10.0 Å². The highest BCUT2D eigenvalue weighted by atomic mass is 32.2. The van der Waals surface area contributed by atoms with Gasteiger partial charge in [-0.1, -0.05) is 6.92 Å². The van der Waals surface area contributed by atoms with Gasteiger partial charge in [-0.15, -0.1) is 0 Å². The average molecular weight is 258 g/mol. The molecule has 1 rings (SSSR count). The summed E-state index contributed by atoms with van der Waals surface area (Å²) >= 11 is 0. The van der Waals surface area contributed by atoms with Crippen LogP contribution in [0.3, 0.4) is 0 Å². The minimum absolute atomic E-state index is 0.00928. The van der Waals surface area contributed by atoms with Crippen LogP contribution in [0.4, 0.5) is 10.5 Å². The molecule has 0 saturated heterocycles. The molecule has 0 bridgehead atoms. The van der Waals surface area contributed by atoms with Gasteiger partial charge in [-0.3, -0.25) is 5.32 Å². The largest absolute Gasteiger partial charge is 0.449 e. The first-order chi connectivity index (χ1) is 7.93. The Balaban J connectivity index is 2.66. The molecule has 0 unspecified atom stereocenters. The number of primary sulfonamides is 1. The van der Waals surface area contributed by atoms with Crippen molar-refractivity contribution in [1.82, 2.24) is 0 Å². The first kappa shape index (κ1) is 13.5. The fraction of sp³-hybridized carbons (Fsp3) is 0.300. The normalized spacial score (nSPS) is 10.9. The first-order valence-electron chi connectivity index (χ1n) is 5.00. The quantitative estimate of drug-likeness (QED) is 0.850. The fourth-order valence-corrected chi connectivity index (χ4v) is 1.59. The zero-order valence-corrected chi connectivity index (χ0v) is 10.2. The fourth-order valence-electron chi connectivity index (χ4n) is 1.08. The summed E-state index contributed by atoms with van der Waals surface area (Å²) < 4.78 is 26.7. The summed E-state index contributed by atoms with van der Waals surface area (Å²) in [5.41, 5.74) is 0.443. The van der Waals surface area contributed by atoms with Gasteiger partial charge in [0.15, 0.2) is 0 Å². The van der Waals surface area contributed by atoms with E-state index in [1.54, 1.807) is 0 Å². The minimum atomic E-state index is -3.71. The molecule has 6 nitrogen and oxygen atoms in total. The molecule has 0 heterocycles. The number of anilines is 1. The van der Waals surface area contributed by atoms with Crippen LogP contribution in [0, 0.1) is 0 Å². The molecular formula is C10H14N2O4S. The number of ether oxygens (including phenoxy) is 1. The molecule has 0 saturated carbocycles. The van der Waals surface area contributed by atoms with Gasteiger partial charge < -0.3 is 4.74 Å². The SMILES string of the molecule is CCCOC(=O)Nc1ccc(S(N)(=O)=O)cc1. The lowest BCUT2D eigenvalue weighted by atomic mass is 10.3. The van der Waals surface area contributed by atoms with E-state index in [2.05, 4.69) is 5.32 Å². The van der Waals surface area contributed by atoms with Crippen molar-refractivity contribution in [3.05, 3.63) is 24.3 Å². The zero-order valence-electron chi connectivity index (χ0n) is 9.34. The molecule has 0 aliphatic rings. The van der Waals surface area contributed by atoms with Gasteiger partial charge in [-0.05, 0) is 30.7 Å². The number of nitrogens with two attached hydrogens (primary N) is 1. The molecule has 3 N–H and O–H groups in total. The van der Waals surface area contributed by atoms with Gasteiger partial charge >= 0.3 is 6.09 Å². The Kier molecular flexibility index (Phi) is 4.47. The predicted molar refractivity (Wildman–Crippen MR) is 63.1 cm³/mol. The highest BCUT2D eigenvalue weighted by Gasteiger charge is 2.08. The molecule has 0 aromatic heterocycles. The monoisotopic (exact) mass is 258 g/mol. The summed E-state index contributed by atoms with van der Waals surface area (Å²) in [6, 6.07) is 5.50. The lowest BCUT2D eigenvalue weighted by Gasteiger charge is -2.06. The second-order valence-electron chi connectivity index (χ2n) is 3.33. The Labute approximate surface area is 99.8 Å². The second kappa shape index (κ2) is 5.65. The third kappa shape index (κ3) is 4.41. The van der Waals surface area contributed by atoms with Crippen molar-refractivity contribution in [2.75, 3.05) is 11.9 Å². The minimum Gasteiger partial charge on any atom is -0.449 e. The summed E-state index contributed by atoms with van der Waals surface area (Å²) in [6.45, 7) is 2.22.